The Morgan fingerprint density at radius 3 is 2.10 bits per heavy atom. The van der Waals surface area contributed by atoms with E-state index in [2.05, 4.69) is 4.90 Å². The van der Waals surface area contributed by atoms with Crippen LogP contribution in [0.4, 0.5) is 0 Å². The number of piperazine rings is 1. The minimum atomic E-state index is 0.0818. The van der Waals surface area contributed by atoms with Gasteiger partial charge in [-0.3, -0.25) is 14.5 Å². The highest BCUT2D eigenvalue weighted by atomic mass is 16.5. The van der Waals surface area contributed by atoms with Crippen molar-refractivity contribution in [3.63, 3.8) is 0 Å². The molecule has 0 aromatic heterocycles. The summed E-state index contributed by atoms with van der Waals surface area (Å²) < 4.78 is 5.53. The fraction of sp³-hybridized carbons (Fsp3) is 0.875. The lowest BCUT2D eigenvalue weighted by Crippen LogP contribution is -2.50. The second kappa shape index (κ2) is 9.15. The molecule has 122 valence electrons. The molecule has 1 heterocycles. The molecule has 1 saturated heterocycles. The van der Waals surface area contributed by atoms with E-state index in [9.17, 15) is 9.59 Å². The molecule has 1 amide bonds. The first-order valence-corrected chi connectivity index (χ1v) is 8.03. The van der Waals surface area contributed by atoms with Crippen LogP contribution < -0.4 is 0 Å². The number of carbonyl (C=O) groups excluding carboxylic acids is 2. The summed E-state index contributed by atoms with van der Waals surface area (Å²) in [6.07, 6.45) is 0.508. The van der Waals surface area contributed by atoms with Crippen molar-refractivity contribution in [2.24, 2.45) is 11.8 Å². The van der Waals surface area contributed by atoms with Gasteiger partial charge in [-0.1, -0.05) is 27.7 Å². The molecule has 0 radical (unpaired) electrons. The fourth-order valence-electron chi connectivity index (χ4n) is 2.31. The SMILES string of the molecule is CC(C)C(=O)CCOCCN1CCN(C(=O)C(C)C)CC1. The topological polar surface area (TPSA) is 49.9 Å². The average Bonchev–Trinajstić information content (AvgIpc) is 2.46. The van der Waals surface area contributed by atoms with E-state index in [1.165, 1.54) is 0 Å². The van der Waals surface area contributed by atoms with Crippen LogP contribution in [-0.4, -0.2) is 67.4 Å². The predicted octanol–water partition coefficient (Wildman–Crippen LogP) is 1.42. The minimum Gasteiger partial charge on any atom is -0.380 e. The number of Topliss-reactive ketones (excluding diaryl/α,β-unsaturated/α-hetero) is 1. The van der Waals surface area contributed by atoms with Gasteiger partial charge in [0.15, 0.2) is 0 Å². The van der Waals surface area contributed by atoms with Gasteiger partial charge in [-0.2, -0.15) is 0 Å². The van der Waals surface area contributed by atoms with E-state index in [0.717, 1.165) is 32.7 Å². The summed E-state index contributed by atoms with van der Waals surface area (Å²) in [5, 5.41) is 0. The van der Waals surface area contributed by atoms with E-state index in [0.29, 0.717) is 19.6 Å². The maximum Gasteiger partial charge on any atom is 0.225 e. The molecule has 5 heteroatoms. The van der Waals surface area contributed by atoms with Gasteiger partial charge in [0.25, 0.3) is 0 Å². The quantitative estimate of drug-likeness (QED) is 0.636. The van der Waals surface area contributed by atoms with Crippen LogP contribution in [0.1, 0.15) is 34.1 Å². The van der Waals surface area contributed by atoms with Crippen molar-refractivity contribution < 1.29 is 14.3 Å². The van der Waals surface area contributed by atoms with Crippen molar-refractivity contribution in [1.82, 2.24) is 9.80 Å². The zero-order chi connectivity index (χ0) is 15.8. The molecule has 0 aromatic rings. The highest BCUT2D eigenvalue weighted by Gasteiger charge is 2.22. The van der Waals surface area contributed by atoms with Crippen LogP contribution in [-0.2, 0) is 14.3 Å². The van der Waals surface area contributed by atoms with Crippen LogP contribution in [0, 0.1) is 11.8 Å². The first kappa shape index (κ1) is 18.1. The standard InChI is InChI=1S/C16H30N2O3/c1-13(2)15(19)5-11-21-12-10-17-6-8-18(9-7-17)16(20)14(3)4/h13-14H,5-12H2,1-4H3. The zero-order valence-electron chi connectivity index (χ0n) is 13.9. The van der Waals surface area contributed by atoms with Crippen LogP contribution in [0.5, 0.6) is 0 Å². The van der Waals surface area contributed by atoms with Gasteiger partial charge in [-0.25, -0.2) is 0 Å². The number of hydrogen-bond acceptors (Lipinski definition) is 4. The Bertz CT molecular complexity index is 334. The molecule has 0 atom stereocenters. The van der Waals surface area contributed by atoms with Gasteiger partial charge < -0.3 is 9.64 Å². The van der Waals surface area contributed by atoms with E-state index < -0.39 is 0 Å². The second-order valence-corrected chi connectivity index (χ2v) is 6.31. The third-order valence-corrected chi connectivity index (χ3v) is 3.87. The van der Waals surface area contributed by atoms with Crippen LogP contribution in [0.2, 0.25) is 0 Å². The van der Waals surface area contributed by atoms with Crippen LogP contribution in [0.3, 0.4) is 0 Å². The molecule has 0 spiro atoms. The van der Waals surface area contributed by atoms with Gasteiger partial charge in [0, 0.05) is 51.0 Å². The Kier molecular flexibility index (Phi) is 7.89. The van der Waals surface area contributed by atoms with Crippen LogP contribution in [0.25, 0.3) is 0 Å². The van der Waals surface area contributed by atoms with Gasteiger partial charge in [0.1, 0.15) is 5.78 Å². The van der Waals surface area contributed by atoms with Crippen molar-refractivity contribution >= 4 is 11.7 Å². The predicted molar refractivity (Wildman–Crippen MR) is 83.1 cm³/mol. The maximum absolute atomic E-state index is 11.9. The van der Waals surface area contributed by atoms with E-state index >= 15 is 0 Å². The monoisotopic (exact) mass is 298 g/mol. The highest BCUT2D eigenvalue weighted by Crippen LogP contribution is 2.07. The molecule has 0 unspecified atom stereocenters. The summed E-state index contributed by atoms with van der Waals surface area (Å²) in [4.78, 5) is 27.6. The Balaban J connectivity index is 2.08. The molecular formula is C16H30N2O3. The first-order chi connectivity index (χ1) is 9.91. The number of ketones is 1. The third-order valence-electron chi connectivity index (χ3n) is 3.87. The lowest BCUT2D eigenvalue weighted by atomic mass is 10.1. The number of rotatable bonds is 8. The molecule has 0 N–H and O–H groups in total. The van der Waals surface area contributed by atoms with Crippen molar-refractivity contribution in [3.8, 4) is 0 Å². The van der Waals surface area contributed by atoms with Gasteiger partial charge in [-0.15, -0.1) is 0 Å². The lowest BCUT2D eigenvalue weighted by molar-refractivity contribution is -0.136. The van der Waals surface area contributed by atoms with E-state index in [4.69, 9.17) is 4.74 Å². The molecule has 1 aliphatic heterocycles. The summed E-state index contributed by atoms with van der Waals surface area (Å²) in [7, 11) is 0. The lowest BCUT2D eigenvalue weighted by Gasteiger charge is -2.35. The van der Waals surface area contributed by atoms with Crippen LogP contribution in [0.15, 0.2) is 0 Å². The van der Waals surface area contributed by atoms with Crippen molar-refractivity contribution in [2.45, 2.75) is 34.1 Å². The van der Waals surface area contributed by atoms with Gasteiger partial charge in [-0.05, 0) is 0 Å². The third kappa shape index (κ3) is 6.57. The summed E-state index contributed by atoms with van der Waals surface area (Å²) in [6, 6.07) is 0. The van der Waals surface area contributed by atoms with Crippen LogP contribution >= 0.6 is 0 Å². The summed E-state index contributed by atoms with van der Waals surface area (Å²) in [5.74, 6) is 0.687. The molecular weight excluding hydrogens is 268 g/mol. The first-order valence-electron chi connectivity index (χ1n) is 8.03. The summed E-state index contributed by atoms with van der Waals surface area (Å²) in [5.41, 5.74) is 0. The molecule has 1 rings (SSSR count). The molecule has 21 heavy (non-hydrogen) atoms. The van der Waals surface area contributed by atoms with Gasteiger partial charge in [0.05, 0.1) is 13.2 Å². The maximum atomic E-state index is 11.9. The smallest absolute Gasteiger partial charge is 0.225 e. The number of ether oxygens (including phenoxy) is 1. The van der Waals surface area contributed by atoms with Crippen molar-refractivity contribution in [2.75, 3.05) is 45.9 Å². The number of carbonyl (C=O) groups is 2. The van der Waals surface area contributed by atoms with E-state index in [1.807, 2.05) is 32.6 Å². The minimum absolute atomic E-state index is 0.0818. The summed E-state index contributed by atoms with van der Waals surface area (Å²) in [6.45, 7) is 13.2. The van der Waals surface area contributed by atoms with Gasteiger partial charge >= 0.3 is 0 Å². The summed E-state index contributed by atoms with van der Waals surface area (Å²) >= 11 is 0. The van der Waals surface area contributed by atoms with E-state index in [1.54, 1.807) is 0 Å². The number of hydrogen-bond donors (Lipinski definition) is 0. The Labute approximate surface area is 128 Å². The largest absolute Gasteiger partial charge is 0.380 e. The zero-order valence-corrected chi connectivity index (χ0v) is 13.9. The fourth-order valence-corrected chi connectivity index (χ4v) is 2.31. The molecule has 0 saturated carbocycles. The van der Waals surface area contributed by atoms with Crippen molar-refractivity contribution in [3.05, 3.63) is 0 Å². The highest BCUT2D eigenvalue weighted by molar-refractivity contribution is 5.80. The molecule has 0 aliphatic carbocycles. The second-order valence-electron chi connectivity index (χ2n) is 6.31. The van der Waals surface area contributed by atoms with Crippen molar-refractivity contribution in [1.29, 1.82) is 0 Å². The molecule has 1 fully saturated rings. The Morgan fingerprint density at radius 1 is 0.952 bits per heavy atom. The molecule has 0 bridgehead atoms. The molecule has 0 aromatic carbocycles. The van der Waals surface area contributed by atoms with Gasteiger partial charge in [0.2, 0.25) is 5.91 Å². The van der Waals surface area contributed by atoms with E-state index in [-0.39, 0.29) is 23.5 Å². The Morgan fingerprint density at radius 2 is 1.57 bits per heavy atom. The normalized spacial score (nSPS) is 16.8. The number of nitrogens with zero attached hydrogens (tertiary/aromatic N) is 2. The number of amides is 1. The molecule has 1 aliphatic rings. The Hall–Kier alpha value is -0.940. The molecule has 5 nitrogen and oxygen atoms in total. The average molecular weight is 298 g/mol.